The first kappa shape index (κ1) is 27.1. The molecule has 7 heteroatoms. The van der Waals surface area contributed by atoms with Crippen molar-refractivity contribution in [1.82, 2.24) is 15.5 Å². The number of aliphatic hydroxyl groups is 1. The van der Waals surface area contributed by atoms with Crippen molar-refractivity contribution in [3.8, 4) is 11.1 Å². The van der Waals surface area contributed by atoms with Gasteiger partial charge in [-0.1, -0.05) is 36.4 Å². The summed E-state index contributed by atoms with van der Waals surface area (Å²) < 4.78 is 18.8. The first-order valence-electron chi connectivity index (χ1n) is 12.7. The molecule has 2 amide bonds. The van der Waals surface area contributed by atoms with E-state index >= 15 is 0 Å². The molecule has 192 valence electrons. The van der Waals surface area contributed by atoms with Crippen molar-refractivity contribution in [3.63, 3.8) is 0 Å². The van der Waals surface area contributed by atoms with E-state index < -0.39 is 5.60 Å². The fourth-order valence-corrected chi connectivity index (χ4v) is 5.15. The number of piperidine rings is 1. The van der Waals surface area contributed by atoms with Gasteiger partial charge in [0.05, 0.1) is 5.60 Å². The van der Waals surface area contributed by atoms with Gasteiger partial charge in [0.25, 0.3) is 0 Å². The number of ether oxygens (including phenoxy) is 1. The maximum atomic E-state index is 13.6. The predicted molar refractivity (Wildman–Crippen MR) is 138 cm³/mol. The molecule has 3 atom stereocenters. The van der Waals surface area contributed by atoms with Crippen molar-refractivity contribution in [1.29, 1.82) is 0 Å². The zero-order valence-corrected chi connectivity index (χ0v) is 21.2. The fraction of sp³-hybridized carbons (Fsp3) is 0.536. The maximum Gasteiger partial charge on any atom is 0.317 e. The lowest BCUT2D eigenvalue weighted by atomic mass is 9.72. The third kappa shape index (κ3) is 7.03. The van der Waals surface area contributed by atoms with Gasteiger partial charge < -0.3 is 25.4 Å². The second-order valence-corrected chi connectivity index (χ2v) is 9.62. The molecule has 0 aliphatic carbocycles. The summed E-state index contributed by atoms with van der Waals surface area (Å²) in [6, 6.07) is 14.2. The molecular weight excluding hydrogens is 445 g/mol. The van der Waals surface area contributed by atoms with Gasteiger partial charge in [0.15, 0.2) is 0 Å². The number of urea groups is 1. The van der Waals surface area contributed by atoms with Crippen LogP contribution in [0.3, 0.4) is 0 Å². The molecule has 0 spiro atoms. The zero-order chi connectivity index (χ0) is 25.3. The number of likely N-dealkylation sites (tertiary alicyclic amines) is 1. The Bertz CT molecular complexity index is 939. The van der Waals surface area contributed by atoms with Crippen molar-refractivity contribution in [2.45, 2.75) is 50.7 Å². The third-order valence-electron chi connectivity index (χ3n) is 6.97. The number of benzene rings is 2. The number of likely N-dealkylation sites (N-methyl/N-ethyl adjacent to an activating group) is 1. The first-order chi connectivity index (χ1) is 16.9. The predicted octanol–water partition coefficient (Wildman–Crippen LogP) is 4.53. The summed E-state index contributed by atoms with van der Waals surface area (Å²) in [5, 5.41) is 18.5. The number of carbonyl (C=O) groups excluding carboxylic acids is 1. The molecule has 0 radical (unpaired) electrons. The van der Waals surface area contributed by atoms with E-state index in [1.54, 1.807) is 19.2 Å². The number of nitrogens with one attached hydrogen (secondary N) is 2. The molecule has 1 aliphatic rings. The number of nitrogens with zero attached hydrogens (tertiary/aromatic N) is 1. The summed E-state index contributed by atoms with van der Waals surface area (Å²) in [7, 11) is 3.55. The standard InChI is InChI=1S/C28H40FN3O3/c1-21(19-30-2)31-27(33)32-17-8-9-23(20-32)28(34,16-6-7-18-35-3)26-11-5-4-10-25(26)22-12-14-24(29)15-13-22/h4-5,10-15,21,23,30,34H,6-9,16-20H2,1-3H3,(H,31,33)/t21?,23?,28-/m0/s1. The lowest BCUT2D eigenvalue weighted by Crippen LogP contribution is -2.53. The maximum absolute atomic E-state index is 13.6. The topological polar surface area (TPSA) is 73.8 Å². The van der Waals surface area contributed by atoms with Gasteiger partial charge in [-0.2, -0.15) is 0 Å². The van der Waals surface area contributed by atoms with Crippen LogP contribution in [0.2, 0.25) is 0 Å². The minimum Gasteiger partial charge on any atom is -0.385 e. The van der Waals surface area contributed by atoms with E-state index in [2.05, 4.69) is 10.6 Å². The van der Waals surface area contributed by atoms with Crippen LogP contribution in [0.15, 0.2) is 48.5 Å². The van der Waals surface area contributed by atoms with Crippen LogP contribution in [0.4, 0.5) is 9.18 Å². The Morgan fingerprint density at radius 3 is 2.69 bits per heavy atom. The largest absolute Gasteiger partial charge is 0.385 e. The molecule has 3 rings (SSSR count). The second kappa shape index (κ2) is 13.0. The molecule has 0 bridgehead atoms. The highest BCUT2D eigenvalue weighted by atomic mass is 19.1. The molecular formula is C28H40FN3O3. The molecule has 1 aliphatic heterocycles. The van der Waals surface area contributed by atoms with E-state index in [1.165, 1.54) is 12.1 Å². The van der Waals surface area contributed by atoms with E-state index in [0.717, 1.165) is 42.4 Å². The number of hydrogen-bond donors (Lipinski definition) is 3. The van der Waals surface area contributed by atoms with Gasteiger partial charge in [-0.3, -0.25) is 0 Å². The summed E-state index contributed by atoms with van der Waals surface area (Å²) in [5.41, 5.74) is 1.46. The van der Waals surface area contributed by atoms with Gasteiger partial charge in [0.1, 0.15) is 5.82 Å². The molecule has 2 aromatic carbocycles. The molecule has 1 heterocycles. The Morgan fingerprint density at radius 1 is 1.23 bits per heavy atom. The smallest absolute Gasteiger partial charge is 0.317 e. The average Bonchev–Trinajstić information content (AvgIpc) is 2.87. The highest BCUT2D eigenvalue weighted by Gasteiger charge is 2.42. The third-order valence-corrected chi connectivity index (χ3v) is 6.97. The monoisotopic (exact) mass is 485 g/mol. The van der Waals surface area contributed by atoms with Crippen molar-refractivity contribution < 1.29 is 19.0 Å². The van der Waals surface area contributed by atoms with Crippen LogP contribution in [-0.2, 0) is 10.3 Å². The van der Waals surface area contributed by atoms with Crippen molar-refractivity contribution in [2.75, 3.05) is 40.4 Å². The van der Waals surface area contributed by atoms with Crippen molar-refractivity contribution in [2.24, 2.45) is 5.92 Å². The molecule has 2 aromatic rings. The highest BCUT2D eigenvalue weighted by Crippen LogP contribution is 2.43. The fourth-order valence-electron chi connectivity index (χ4n) is 5.15. The zero-order valence-electron chi connectivity index (χ0n) is 21.2. The van der Waals surface area contributed by atoms with Crippen LogP contribution in [0.5, 0.6) is 0 Å². The minimum absolute atomic E-state index is 0.0139. The SMILES string of the molecule is CNCC(C)NC(=O)N1CCCC([C@@](O)(CCCCOC)c2ccccc2-c2ccc(F)cc2)C1. The molecule has 35 heavy (non-hydrogen) atoms. The molecule has 0 aromatic heterocycles. The molecule has 3 N–H and O–H groups in total. The molecule has 1 saturated heterocycles. The van der Waals surface area contributed by atoms with Crippen LogP contribution < -0.4 is 10.6 Å². The van der Waals surface area contributed by atoms with E-state index in [9.17, 15) is 14.3 Å². The first-order valence-corrected chi connectivity index (χ1v) is 12.7. The Labute approximate surface area is 208 Å². The highest BCUT2D eigenvalue weighted by molar-refractivity contribution is 5.74. The van der Waals surface area contributed by atoms with E-state index in [0.29, 0.717) is 32.7 Å². The van der Waals surface area contributed by atoms with Crippen LogP contribution in [0, 0.1) is 11.7 Å². The van der Waals surface area contributed by atoms with E-state index in [1.807, 2.05) is 43.1 Å². The normalized spacial score (nSPS) is 18.7. The average molecular weight is 486 g/mol. The number of halogens is 1. The van der Waals surface area contributed by atoms with Gasteiger partial charge in [0.2, 0.25) is 0 Å². The molecule has 2 unspecified atom stereocenters. The Hall–Kier alpha value is -2.48. The molecule has 1 fully saturated rings. The molecule has 6 nitrogen and oxygen atoms in total. The van der Waals surface area contributed by atoms with Crippen LogP contribution >= 0.6 is 0 Å². The van der Waals surface area contributed by atoms with E-state index in [-0.39, 0.29) is 23.8 Å². The van der Waals surface area contributed by atoms with Crippen molar-refractivity contribution in [3.05, 3.63) is 59.9 Å². The van der Waals surface area contributed by atoms with Gasteiger partial charge in [-0.25, -0.2) is 9.18 Å². The Kier molecular flexibility index (Phi) is 10.1. The number of rotatable bonds is 11. The number of methoxy groups -OCH3 is 1. The van der Waals surface area contributed by atoms with Crippen LogP contribution in [-0.4, -0.2) is 62.5 Å². The van der Waals surface area contributed by atoms with Gasteiger partial charge in [-0.15, -0.1) is 0 Å². The Morgan fingerprint density at radius 2 is 1.97 bits per heavy atom. The summed E-state index contributed by atoms with van der Waals surface area (Å²) in [6.07, 6.45) is 3.86. The summed E-state index contributed by atoms with van der Waals surface area (Å²) >= 11 is 0. The summed E-state index contributed by atoms with van der Waals surface area (Å²) in [5.74, 6) is -0.409. The lowest BCUT2D eigenvalue weighted by Gasteiger charge is -2.43. The van der Waals surface area contributed by atoms with Crippen molar-refractivity contribution >= 4 is 6.03 Å². The van der Waals surface area contributed by atoms with Gasteiger partial charge in [-0.05, 0) is 74.9 Å². The lowest BCUT2D eigenvalue weighted by molar-refractivity contribution is -0.0559. The second-order valence-electron chi connectivity index (χ2n) is 9.62. The number of amides is 2. The summed E-state index contributed by atoms with van der Waals surface area (Å²) in [6.45, 7) is 4.46. The number of unbranched alkanes of at least 4 members (excludes halogenated alkanes) is 1. The summed E-state index contributed by atoms with van der Waals surface area (Å²) in [4.78, 5) is 14.8. The minimum atomic E-state index is -1.13. The molecule has 0 saturated carbocycles. The quantitative estimate of drug-likeness (QED) is 0.409. The van der Waals surface area contributed by atoms with Gasteiger partial charge >= 0.3 is 6.03 Å². The van der Waals surface area contributed by atoms with E-state index in [4.69, 9.17) is 4.74 Å². The number of carbonyl (C=O) groups is 1. The van der Waals surface area contributed by atoms with Crippen LogP contribution in [0.25, 0.3) is 11.1 Å². The Balaban J connectivity index is 1.91. The van der Waals surface area contributed by atoms with Crippen LogP contribution in [0.1, 0.15) is 44.6 Å². The number of hydrogen-bond acceptors (Lipinski definition) is 4. The van der Waals surface area contributed by atoms with Gasteiger partial charge in [0, 0.05) is 45.3 Å².